The Bertz CT molecular complexity index is 1090. The summed E-state index contributed by atoms with van der Waals surface area (Å²) in [5, 5.41) is 0. The first-order valence-corrected chi connectivity index (χ1v) is 14.6. The maximum Gasteiger partial charge on any atom is 0.239 e. The molecule has 2 aromatic carbocycles. The summed E-state index contributed by atoms with van der Waals surface area (Å²) < 4.78 is 28.9. The molecule has 0 radical (unpaired) electrons. The SMILES string of the molecule is CC(C)c1cc(C(C)C)c(CS(=O)(=O)NC(=O)Cc2c(C(C)C)cccc2C(C)C)c(C(C)C)c1. The van der Waals surface area contributed by atoms with Gasteiger partial charge in [0.05, 0.1) is 12.2 Å². The van der Waals surface area contributed by atoms with E-state index in [1.807, 2.05) is 18.2 Å². The molecule has 0 saturated carbocycles. The predicted molar refractivity (Wildman–Crippen MR) is 148 cm³/mol. The van der Waals surface area contributed by atoms with Gasteiger partial charge in [0.25, 0.3) is 0 Å². The zero-order valence-electron chi connectivity index (χ0n) is 23.3. The second kappa shape index (κ2) is 11.7. The minimum absolute atomic E-state index is 0.0570. The third kappa shape index (κ3) is 7.42. The van der Waals surface area contributed by atoms with Gasteiger partial charge in [-0.3, -0.25) is 9.52 Å². The zero-order valence-corrected chi connectivity index (χ0v) is 24.1. The fraction of sp³-hybridized carbons (Fsp3) is 0.567. The van der Waals surface area contributed by atoms with E-state index in [0.717, 1.165) is 33.4 Å². The Kier molecular flexibility index (Phi) is 9.75. The number of nitrogens with one attached hydrogen (secondary N) is 1. The van der Waals surface area contributed by atoms with Gasteiger partial charge in [-0.25, -0.2) is 8.42 Å². The Balaban J connectivity index is 2.41. The van der Waals surface area contributed by atoms with Crippen LogP contribution in [-0.2, 0) is 27.0 Å². The van der Waals surface area contributed by atoms with E-state index in [0.29, 0.717) is 5.92 Å². The first kappa shape index (κ1) is 29.1. The van der Waals surface area contributed by atoms with E-state index >= 15 is 0 Å². The van der Waals surface area contributed by atoms with Crippen LogP contribution < -0.4 is 4.72 Å². The molecule has 0 aromatic heterocycles. The molecule has 0 aliphatic carbocycles. The van der Waals surface area contributed by atoms with Crippen molar-refractivity contribution in [2.24, 2.45) is 0 Å². The van der Waals surface area contributed by atoms with E-state index < -0.39 is 15.9 Å². The molecule has 0 fully saturated rings. The van der Waals surface area contributed by atoms with Crippen molar-refractivity contribution in [1.29, 1.82) is 0 Å². The van der Waals surface area contributed by atoms with Gasteiger partial charge in [0.15, 0.2) is 0 Å². The molecule has 35 heavy (non-hydrogen) atoms. The largest absolute Gasteiger partial charge is 0.274 e. The van der Waals surface area contributed by atoms with Gasteiger partial charge in [0.2, 0.25) is 15.9 Å². The van der Waals surface area contributed by atoms with Crippen molar-refractivity contribution in [3.63, 3.8) is 0 Å². The van der Waals surface area contributed by atoms with Crippen molar-refractivity contribution in [1.82, 2.24) is 4.72 Å². The smallest absolute Gasteiger partial charge is 0.239 e. The molecule has 0 atom stereocenters. The number of rotatable bonds is 10. The van der Waals surface area contributed by atoms with Gasteiger partial charge < -0.3 is 0 Å². The second-order valence-corrected chi connectivity index (χ2v) is 13.0. The monoisotopic (exact) mass is 499 g/mol. The highest BCUT2D eigenvalue weighted by Gasteiger charge is 2.25. The van der Waals surface area contributed by atoms with Crippen molar-refractivity contribution in [2.45, 2.75) is 111 Å². The number of carbonyl (C=O) groups is 1. The Hall–Kier alpha value is -2.14. The van der Waals surface area contributed by atoms with Crippen LogP contribution in [0.25, 0.3) is 0 Å². The fourth-order valence-electron chi connectivity index (χ4n) is 4.78. The summed E-state index contributed by atoms with van der Waals surface area (Å²) in [7, 11) is -3.86. The topological polar surface area (TPSA) is 63.2 Å². The van der Waals surface area contributed by atoms with Crippen molar-refractivity contribution in [3.8, 4) is 0 Å². The Morgan fingerprint density at radius 3 is 1.49 bits per heavy atom. The molecule has 2 rings (SSSR count). The lowest BCUT2D eigenvalue weighted by atomic mass is 9.85. The van der Waals surface area contributed by atoms with Gasteiger partial charge in [-0.15, -0.1) is 0 Å². The lowest BCUT2D eigenvalue weighted by molar-refractivity contribution is -0.118. The van der Waals surface area contributed by atoms with Crippen LogP contribution in [-0.4, -0.2) is 14.3 Å². The second-order valence-electron chi connectivity index (χ2n) is 11.3. The summed E-state index contributed by atoms with van der Waals surface area (Å²) in [6.45, 7) is 21.1. The van der Waals surface area contributed by atoms with Crippen LogP contribution in [0.1, 0.15) is 138 Å². The maximum atomic E-state index is 13.3. The number of carbonyl (C=O) groups excluding carboxylic acids is 1. The summed E-state index contributed by atoms with van der Waals surface area (Å²) in [5.41, 5.74) is 7.26. The molecule has 0 aliphatic heterocycles. The zero-order chi connectivity index (χ0) is 26.7. The molecule has 4 nitrogen and oxygen atoms in total. The number of hydrogen-bond donors (Lipinski definition) is 1. The van der Waals surface area contributed by atoms with E-state index in [1.54, 1.807) is 0 Å². The molecule has 0 saturated heterocycles. The van der Waals surface area contributed by atoms with Crippen LogP contribution in [0.5, 0.6) is 0 Å². The number of amides is 1. The van der Waals surface area contributed by atoms with Crippen molar-refractivity contribution in [3.05, 3.63) is 69.3 Å². The molecule has 0 bridgehead atoms. The van der Waals surface area contributed by atoms with Crippen LogP contribution in [0.4, 0.5) is 0 Å². The highest BCUT2D eigenvalue weighted by atomic mass is 32.2. The van der Waals surface area contributed by atoms with Crippen LogP contribution >= 0.6 is 0 Å². The molecule has 5 heteroatoms. The summed E-state index contributed by atoms with van der Waals surface area (Å²) in [5.74, 6) is 0.533. The highest BCUT2D eigenvalue weighted by molar-refractivity contribution is 7.89. The summed E-state index contributed by atoms with van der Waals surface area (Å²) in [4.78, 5) is 13.1. The van der Waals surface area contributed by atoms with Crippen LogP contribution in [0.3, 0.4) is 0 Å². The summed E-state index contributed by atoms with van der Waals surface area (Å²) in [6.07, 6.45) is 0.0570. The lowest BCUT2D eigenvalue weighted by Gasteiger charge is -2.23. The van der Waals surface area contributed by atoms with Crippen LogP contribution in [0.2, 0.25) is 0 Å². The van der Waals surface area contributed by atoms with E-state index in [-0.39, 0.29) is 35.8 Å². The Labute approximate surface area is 214 Å². The first-order valence-electron chi connectivity index (χ1n) is 13.0. The van der Waals surface area contributed by atoms with E-state index in [4.69, 9.17) is 0 Å². The van der Waals surface area contributed by atoms with E-state index in [9.17, 15) is 13.2 Å². The molecule has 0 unspecified atom stereocenters. The average Bonchev–Trinajstić information content (AvgIpc) is 2.72. The average molecular weight is 500 g/mol. The third-order valence-corrected chi connectivity index (χ3v) is 7.89. The first-order chi connectivity index (χ1) is 16.1. The number of benzene rings is 2. The van der Waals surface area contributed by atoms with E-state index in [1.165, 1.54) is 5.56 Å². The van der Waals surface area contributed by atoms with Gasteiger partial charge >= 0.3 is 0 Å². The lowest BCUT2D eigenvalue weighted by Crippen LogP contribution is -2.34. The van der Waals surface area contributed by atoms with Gasteiger partial charge in [-0.2, -0.15) is 0 Å². The summed E-state index contributed by atoms with van der Waals surface area (Å²) in [6, 6.07) is 10.4. The molecular formula is C30H45NO3S. The van der Waals surface area contributed by atoms with Gasteiger partial charge in [0.1, 0.15) is 0 Å². The van der Waals surface area contributed by atoms with Gasteiger partial charge in [-0.05, 0) is 68.5 Å². The van der Waals surface area contributed by atoms with E-state index in [2.05, 4.69) is 86.1 Å². The molecule has 0 aliphatic rings. The molecule has 194 valence electrons. The molecule has 0 heterocycles. The van der Waals surface area contributed by atoms with Crippen LogP contribution in [0.15, 0.2) is 30.3 Å². The van der Waals surface area contributed by atoms with Crippen LogP contribution in [0, 0.1) is 0 Å². The van der Waals surface area contributed by atoms with Crippen molar-refractivity contribution >= 4 is 15.9 Å². The number of sulfonamides is 1. The Morgan fingerprint density at radius 1 is 0.686 bits per heavy atom. The minimum atomic E-state index is -3.86. The molecule has 1 N–H and O–H groups in total. The highest BCUT2D eigenvalue weighted by Crippen LogP contribution is 2.33. The molecule has 0 spiro atoms. The van der Waals surface area contributed by atoms with Gasteiger partial charge in [0, 0.05) is 0 Å². The number of hydrogen-bond acceptors (Lipinski definition) is 3. The maximum absolute atomic E-state index is 13.3. The predicted octanol–water partition coefficient (Wildman–Crippen LogP) is 7.49. The van der Waals surface area contributed by atoms with Crippen molar-refractivity contribution in [2.75, 3.05) is 0 Å². The summed E-state index contributed by atoms with van der Waals surface area (Å²) >= 11 is 0. The fourth-order valence-corrected chi connectivity index (χ4v) is 5.98. The standard InChI is InChI=1S/C30H45NO3S/c1-18(2)23-14-26(21(7)8)29(27(15-23)22(9)10)17-35(33,34)31-30(32)16-28-24(19(3)4)12-11-13-25(28)20(5)6/h11-15,18-22H,16-17H2,1-10H3,(H,31,32). The normalized spacial score (nSPS) is 12.4. The molecule has 2 aromatic rings. The quantitative estimate of drug-likeness (QED) is 0.368. The Morgan fingerprint density at radius 2 is 1.11 bits per heavy atom. The molecule has 1 amide bonds. The van der Waals surface area contributed by atoms with Gasteiger partial charge in [-0.1, -0.05) is 99.6 Å². The minimum Gasteiger partial charge on any atom is -0.274 e. The third-order valence-electron chi connectivity index (χ3n) is 6.69. The van der Waals surface area contributed by atoms with Crippen molar-refractivity contribution < 1.29 is 13.2 Å². The molecular weight excluding hydrogens is 454 g/mol.